The Morgan fingerprint density at radius 1 is 1.26 bits per heavy atom. The van der Waals surface area contributed by atoms with E-state index in [1.807, 2.05) is 0 Å². The van der Waals surface area contributed by atoms with E-state index >= 15 is 0 Å². The molecule has 0 aromatic heterocycles. The third-order valence-corrected chi connectivity index (χ3v) is 4.56. The Morgan fingerprint density at radius 2 is 2.13 bits per heavy atom. The molecule has 2 amide bonds. The van der Waals surface area contributed by atoms with E-state index in [4.69, 9.17) is 14.2 Å². The summed E-state index contributed by atoms with van der Waals surface area (Å²) in [5, 5.41) is 5.90. The molecule has 3 atom stereocenters. The van der Waals surface area contributed by atoms with Crippen LogP contribution in [-0.2, 0) is 4.74 Å². The quantitative estimate of drug-likeness (QED) is 0.862. The average Bonchev–Trinajstić information content (AvgIpc) is 3.11. The van der Waals surface area contributed by atoms with Crippen molar-refractivity contribution in [1.29, 1.82) is 0 Å². The van der Waals surface area contributed by atoms with Crippen LogP contribution in [0.25, 0.3) is 0 Å². The van der Waals surface area contributed by atoms with Crippen LogP contribution in [0, 0.1) is 0 Å². The van der Waals surface area contributed by atoms with Crippen molar-refractivity contribution in [2.75, 3.05) is 31.8 Å². The molecule has 3 heterocycles. The number of benzene rings is 1. The molecule has 7 nitrogen and oxygen atoms in total. The van der Waals surface area contributed by atoms with Gasteiger partial charge in [-0.1, -0.05) is 0 Å². The van der Waals surface area contributed by atoms with Gasteiger partial charge in [0.2, 0.25) is 6.79 Å². The largest absolute Gasteiger partial charge is 0.454 e. The summed E-state index contributed by atoms with van der Waals surface area (Å²) in [6.45, 7) is 4.89. The highest BCUT2D eigenvalue weighted by atomic mass is 16.7. The van der Waals surface area contributed by atoms with Gasteiger partial charge >= 0.3 is 6.03 Å². The van der Waals surface area contributed by atoms with Gasteiger partial charge in [-0.2, -0.15) is 0 Å². The summed E-state index contributed by atoms with van der Waals surface area (Å²) in [5.74, 6) is 1.37. The van der Waals surface area contributed by atoms with Crippen molar-refractivity contribution in [3.8, 4) is 11.5 Å². The van der Waals surface area contributed by atoms with Crippen molar-refractivity contribution in [2.24, 2.45) is 0 Å². The van der Waals surface area contributed by atoms with E-state index in [0.29, 0.717) is 23.2 Å². The minimum absolute atomic E-state index is 0.155. The molecule has 0 aliphatic carbocycles. The van der Waals surface area contributed by atoms with Crippen molar-refractivity contribution in [3.63, 3.8) is 0 Å². The second-order valence-corrected chi connectivity index (χ2v) is 6.35. The molecule has 2 N–H and O–H groups in total. The first kappa shape index (κ1) is 14.6. The number of nitrogens with zero attached hydrogens (tertiary/aromatic N) is 1. The molecule has 7 heteroatoms. The molecule has 0 unspecified atom stereocenters. The fourth-order valence-electron chi connectivity index (χ4n) is 3.47. The fourth-order valence-corrected chi connectivity index (χ4v) is 3.47. The first-order valence-corrected chi connectivity index (χ1v) is 8.00. The summed E-state index contributed by atoms with van der Waals surface area (Å²) in [5.41, 5.74) is 0.694. The third-order valence-electron chi connectivity index (χ3n) is 4.56. The fraction of sp³-hybridized carbons (Fsp3) is 0.562. The maximum absolute atomic E-state index is 12.2. The molecule has 3 aliphatic rings. The molecule has 3 aliphatic heterocycles. The van der Waals surface area contributed by atoms with Gasteiger partial charge < -0.3 is 24.8 Å². The van der Waals surface area contributed by atoms with E-state index in [1.165, 1.54) is 0 Å². The van der Waals surface area contributed by atoms with Gasteiger partial charge in [0.05, 0.1) is 12.7 Å². The Kier molecular flexibility index (Phi) is 3.74. The number of fused-ring (bicyclic) bond motifs is 2. The molecule has 124 valence electrons. The number of carbonyl (C=O) groups excluding carboxylic acids is 1. The lowest BCUT2D eigenvalue weighted by atomic mass is 10.1. The summed E-state index contributed by atoms with van der Waals surface area (Å²) in [7, 11) is 0. The molecule has 23 heavy (non-hydrogen) atoms. The molecule has 2 fully saturated rings. The van der Waals surface area contributed by atoms with E-state index in [-0.39, 0.29) is 25.0 Å². The first-order chi connectivity index (χ1) is 11.2. The number of carbonyl (C=O) groups is 1. The molecule has 4 rings (SSSR count). The van der Waals surface area contributed by atoms with Gasteiger partial charge in [-0.15, -0.1) is 0 Å². The summed E-state index contributed by atoms with van der Waals surface area (Å²) >= 11 is 0. The predicted molar refractivity (Wildman–Crippen MR) is 83.9 cm³/mol. The minimum Gasteiger partial charge on any atom is -0.454 e. The van der Waals surface area contributed by atoms with Gasteiger partial charge in [-0.25, -0.2) is 4.79 Å². The Bertz CT molecular complexity index is 609. The van der Waals surface area contributed by atoms with Crippen LogP contribution < -0.4 is 20.1 Å². The van der Waals surface area contributed by atoms with Gasteiger partial charge in [-0.3, -0.25) is 4.90 Å². The normalized spacial score (nSPS) is 29.2. The predicted octanol–water partition coefficient (Wildman–Crippen LogP) is 1.40. The van der Waals surface area contributed by atoms with Gasteiger partial charge in [-0.05, 0) is 25.5 Å². The number of hydrogen-bond donors (Lipinski definition) is 2. The zero-order valence-electron chi connectivity index (χ0n) is 13.1. The van der Waals surface area contributed by atoms with Gasteiger partial charge in [0.25, 0.3) is 0 Å². The van der Waals surface area contributed by atoms with Crippen LogP contribution in [-0.4, -0.2) is 55.6 Å². The van der Waals surface area contributed by atoms with E-state index in [0.717, 1.165) is 26.1 Å². The lowest BCUT2D eigenvalue weighted by molar-refractivity contribution is -0.0390. The summed E-state index contributed by atoms with van der Waals surface area (Å²) in [4.78, 5) is 14.6. The maximum Gasteiger partial charge on any atom is 0.319 e. The van der Waals surface area contributed by atoms with Crippen molar-refractivity contribution < 1.29 is 19.0 Å². The van der Waals surface area contributed by atoms with Gasteiger partial charge in [0, 0.05) is 36.9 Å². The highest BCUT2D eigenvalue weighted by molar-refractivity contribution is 5.89. The molecule has 2 saturated heterocycles. The van der Waals surface area contributed by atoms with Crippen molar-refractivity contribution in [1.82, 2.24) is 10.2 Å². The lowest BCUT2D eigenvalue weighted by Crippen LogP contribution is -2.45. The monoisotopic (exact) mass is 319 g/mol. The van der Waals surface area contributed by atoms with E-state index in [1.54, 1.807) is 18.2 Å². The highest BCUT2D eigenvalue weighted by Gasteiger charge is 2.36. The van der Waals surface area contributed by atoms with Crippen molar-refractivity contribution in [3.05, 3.63) is 18.2 Å². The molecule has 0 bridgehead atoms. The standard InChI is InChI=1S/C16H21N3O4/c1-10-6-19-7-12(4-13(19)8-21-10)18-16(20)17-11-2-3-14-15(5-11)23-9-22-14/h2-3,5,10,12-13H,4,6-9H2,1H3,(H2,17,18,20)/t10-,12+,13+/m1/s1. The van der Waals surface area contributed by atoms with Crippen LogP contribution >= 0.6 is 0 Å². The van der Waals surface area contributed by atoms with E-state index in [9.17, 15) is 4.79 Å². The second-order valence-electron chi connectivity index (χ2n) is 6.35. The molecule has 0 spiro atoms. The van der Waals surface area contributed by atoms with E-state index in [2.05, 4.69) is 22.5 Å². The van der Waals surface area contributed by atoms with Crippen LogP contribution in [0.15, 0.2) is 18.2 Å². The number of urea groups is 1. The van der Waals surface area contributed by atoms with Crippen molar-refractivity contribution >= 4 is 11.7 Å². The minimum atomic E-state index is -0.192. The highest BCUT2D eigenvalue weighted by Crippen LogP contribution is 2.34. The molecule has 1 aromatic carbocycles. The summed E-state index contributed by atoms with van der Waals surface area (Å²) < 4.78 is 16.3. The van der Waals surface area contributed by atoms with Crippen LogP contribution in [0.2, 0.25) is 0 Å². The van der Waals surface area contributed by atoms with E-state index < -0.39 is 0 Å². The Hall–Kier alpha value is -1.99. The summed E-state index contributed by atoms with van der Waals surface area (Å²) in [6, 6.07) is 5.76. The number of amides is 2. The molecule has 1 aromatic rings. The molecule has 0 radical (unpaired) electrons. The zero-order chi connectivity index (χ0) is 15.8. The topological polar surface area (TPSA) is 72.1 Å². The van der Waals surface area contributed by atoms with Crippen LogP contribution in [0.4, 0.5) is 10.5 Å². The zero-order valence-corrected chi connectivity index (χ0v) is 13.1. The smallest absolute Gasteiger partial charge is 0.319 e. The van der Waals surface area contributed by atoms with Crippen LogP contribution in [0.3, 0.4) is 0 Å². The summed E-state index contributed by atoms with van der Waals surface area (Å²) in [6.07, 6.45) is 1.20. The van der Waals surface area contributed by atoms with Crippen LogP contribution in [0.5, 0.6) is 11.5 Å². The Labute approximate surface area is 134 Å². The Balaban J connectivity index is 1.32. The first-order valence-electron chi connectivity index (χ1n) is 8.00. The average molecular weight is 319 g/mol. The number of morpholine rings is 1. The lowest BCUT2D eigenvalue weighted by Gasteiger charge is -2.33. The number of ether oxygens (including phenoxy) is 3. The molecule has 0 saturated carbocycles. The number of anilines is 1. The second kappa shape index (κ2) is 5.90. The SMILES string of the molecule is C[C@@H]1CN2C[C@@H](NC(=O)Nc3ccc4c(c3)OCO4)C[C@H]2CO1. The molecular weight excluding hydrogens is 298 g/mol. The van der Waals surface area contributed by atoms with Gasteiger partial charge in [0.1, 0.15) is 0 Å². The Morgan fingerprint density at radius 3 is 3.04 bits per heavy atom. The maximum atomic E-state index is 12.2. The number of rotatable bonds is 2. The van der Waals surface area contributed by atoms with Crippen LogP contribution in [0.1, 0.15) is 13.3 Å². The number of hydrogen-bond acceptors (Lipinski definition) is 5. The van der Waals surface area contributed by atoms with Gasteiger partial charge in [0.15, 0.2) is 11.5 Å². The number of nitrogens with one attached hydrogen (secondary N) is 2. The van der Waals surface area contributed by atoms with Crippen molar-refractivity contribution in [2.45, 2.75) is 31.5 Å². The molecular formula is C16H21N3O4. The third kappa shape index (κ3) is 3.07.